The predicted molar refractivity (Wildman–Crippen MR) is 106 cm³/mol. The molecule has 0 spiro atoms. The van der Waals surface area contributed by atoms with Crippen molar-refractivity contribution >= 4 is 5.82 Å². The van der Waals surface area contributed by atoms with E-state index in [-0.39, 0.29) is 11.2 Å². The maximum Gasteiger partial charge on any atom is 0.332 e. The lowest BCUT2D eigenvalue weighted by atomic mass is 10.1. The Kier molecular flexibility index (Phi) is 11.0. The van der Waals surface area contributed by atoms with Crippen LogP contribution in [0.2, 0.25) is 0 Å². The average molecular weight is 352 g/mol. The summed E-state index contributed by atoms with van der Waals surface area (Å²) < 4.78 is 2.92. The monoisotopic (exact) mass is 351 g/mol. The number of rotatable bonds is 14. The molecule has 0 bridgehead atoms. The lowest BCUT2D eigenvalue weighted by molar-refractivity contribution is 0.493. The molecule has 0 atom stereocenters. The van der Waals surface area contributed by atoms with Crippen molar-refractivity contribution in [1.82, 2.24) is 9.13 Å². The Hall–Kier alpha value is -1.52. The third kappa shape index (κ3) is 7.93. The molecule has 0 aromatic carbocycles. The molecule has 1 rings (SSSR count). The second kappa shape index (κ2) is 12.8. The van der Waals surface area contributed by atoms with Crippen LogP contribution in [-0.2, 0) is 13.1 Å². The maximum absolute atomic E-state index is 12.6. The van der Waals surface area contributed by atoms with Crippen LogP contribution in [0.1, 0.15) is 90.9 Å². The van der Waals surface area contributed by atoms with Gasteiger partial charge >= 0.3 is 5.69 Å². The molecule has 0 aliphatic heterocycles. The second-order valence-corrected chi connectivity index (χ2v) is 7.03. The van der Waals surface area contributed by atoms with Crippen molar-refractivity contribution in [3.8, 4) is 0 Å². The minimum atomic E-state index is -0.268. The molecule has 0 fully saturated rings. The fourth-order valence-corrected chi connectivity index (χ4v) is 3.16. The molecule has 0 unspecified atom stereocenters. The van der Waals surface area contributed by atoms with Crippen molar-refractivity contribution in [2.45, 2.75) is 104 Å². The van der Waals surface area contributed by atoms with Crippen LogP contribution in [0, 0.1) is 0 Å². The first kappa shape index (κ1) is 21.5. The quantitative estimate of drug-likeness (QED) is 0.508. The zero-order valence-corrected chi connectivity index (χ0v) is 16.3. The number of hydrogen-bond donors (Lipinski definition) is 1. The summed E-state index contributed by atoms with van der Waals surface area (Å²) in [5.74, 6) is 0.294. The zero-order chi connectivity index (χ0) is 18.5. The van der Waals surface area contributed by atoms with Crippen molar-refractivity contribution in [2.75, 3.05) is 5.73 Å². The summed E-state index contributed by atoms with van der Waals surface area (Å²) in [6.07, 6.45) is 13.8. The average Bonchev–Trinajstić information content (AvgIpc) is 2.58. The first-order chi connectivity index (χ1) is 12.1. The fraction of sp³-hybridized carbons (Fsp3) is 0.800. The molecule has 0 aliphatic carbocycles. The first-order valence-corrected chi connectivity index (χ1v) is 10.2. The molecule has 0 amide bonds. The van der Waals surface area contributed by atoms with Gasteiger partial charge in [0.1, 0.15) is 5.82 Å². The summed E-state index contributed by atoms with van der Waals surface area (Å²) in [5.41, 5.74) is 5.40. The molecule has 0 saturated carbocycles. The van der Waals surface area contributed by atoms with E-state index in [4.69, 9.17) is 5.73 Å². The van der Waals surface area contributed by atoms with Gasteiger partial charge in [0.15, 0.2) is 0 Å². The lowest BCUT2D eigenvalue weighted by Gasteiger charge is -2.13. The molecular formula is C20H37N3O2. The van der Waals surface area contributed by atoms with Crippen molar-refractivity contribution in [3.63, 3.8) is 0 Å². The van der Waals surface area contributed by atoms with Crippen molar-refractivity contribution < 1.29 is 0 Å². The van der Waals surface area contributed by atoms with Crippen LogP contribution < -0.4 is 17.0 Å². The number of nitrogen functional groups attached to an aromatic ring is 1. The van der Waals surface area contributed by atoms with Gasteiger partial charge in [-0.25, -0.2) is 4.79 Å². The summed E-state index contributed by atoms with van der Waals surface area (Å²) in [5, 5.41) is 0. The summed E-state index contributed by atoms with van der Waals surface area (Å²) in [4.78, 5) is 24.7. The molecule has 1 aromatic heterocycles. The van der Waals surface area contributed by atoms with Crippen LogP contribution in [0.15, 0.2) is 15.7 Å². The third-order valence-corrected chi connectivity index (χ3v) is 4.78. The van der Waals surface area contributed by atoms with Gasteiger partial charge in [-0.1, -0.05) is 78.1 Å². The van der Waals surface area contributed by atoms with Crippen LogP contribution in [0.4, 0.5) is 5.82 Å². The van der Waals surface area contributed by atoms with E-state index in [1.165, 1.54) is 62.0 Å². The van der Waals surface area contributed by atoms with E-state index in [9.17, 15) is 9.59 Å². The fourth-order valence-electron chi connectivity index (χ4n) is 3.16. The van der Waals surface area contributed by atoms with Gasteiger partial charge in [-0.2, -0.15) is 0 Å². The van der Waals surface area contributed by atoms with Crippen molar-refractivity contribution in [3.05, 3.63) is 26.9 Å². The number of unbranched alkanes of at least 4 members (excludes halogenated alkanes) is 10. The largest absolute Gasteiger partial charge is 0.385 e. The minimum Gasteiger partial charge on any atom is -0.385 e. The Bertz CT molecular complexity index is 590. The standard InChI is InChI=1S/C20H37N3O2/c1-3-5-7-9-11-13-15-22-18(21)17-19(24)23(20(22)25)16-14-12-10-8-6-4-2/h17H,3-16,21H2,1-2H3. The number of anilines is 1. The molecule has 5 nitrogen and oxygen atoms in total. The van der Waals surface area contributed by atoms with Crippen LogP contribution in [0.3, 0.4) is 0 Å². The van der Waals surface area contributed by atoms with Crippen LogP contribution in [-0.4, -0.2) is 9.13 Å². The molecule has 25 heavy (non-hydrogen) atoms. The Morgan fingerprint density at radius 1 is 0.720 bits per heavy atom. The van der Waals surface area contributed by atoms with E-state index in [0.717, 1.165) is 25.7 Å². The smallest absolute Gasteiger partial charge is 0.332 e. The summed E-state index contributed by atoms with van der Waals surface area (Å²) in [7, 11) is 0. The normalized spacial score (nSPS) is 11.1. The van der Waals surface area contributed by atoms with Gasteiger partial charge < -0.3 is 5.73 Å². The third-order valence-electron chi connectivity index (χ3n) is 4.78. The summed E-state index contributed by atoms with van der Waals surface area (Å²) >= 11 is 0. The van der Waals surface area contributed by atoms with Gasteiger partial charge in [0, 0.05) is 19.2 Å². The van der Waals surface area contributed by atoms with Crippen LogP contribution in [0.25, 0.3) is 0 Å². The van der Waals surface area contributed by atoms with Gasteiger partial charge in [-0.05, 0) is 12.8 Å². The Balaban J connectivity index is 2.55. The Morgan fingerprint density at radius 3 is 1.68 bits per heavy atom. The van der Waals surface area contributed by atoms with E-state index in [1.807, 2.05) is 0 Å². The highest BCUT2D eigenvalue weighted by Crippen LogP contribution is 2.08. The Labute approximate surface area is 152 Å². The molecule has 1 aromatic rings. The minimum absolute atomic E-state index is 0.243. The van der Waals surface area contributed by atoms with Crippen LogP contribution >= 0.6 is 0 Å². The number of hydrogen-bond acceptors (Lipinski definition) is 3. The molecule has 0 radical (unpaired) electrons. The topological polar surface area (TPSA) is 70.0 Å². The van der Waals surface area contributed by atoms with E-state index in [1.54, 1.807) is 4.57 Å². The van der Waals surface area contributed by atoms with Gasteiger partial charge in [0.25, 0.3) is 5.56 Å². The van der Waals surface area contributed by atoms with Gasteiger partial charge in [-0.3, -0.25) is 13.9 Å². The summed E-state index contributed by atoms with van der Waals surface area (Å²) in [6.45, 7) is 5.50. The summed E-state index contributed by atoms with van der Waals surface area (Å²) in [6, 6.07) is 1.40. The Morgan fingerprint density at radius 2 is 1.16 bits per heavy atom. The van der Waals surface area contributed by atoms with Gasteiger partial charge in [0.05, 0.1) is 0 Å². The van der Waals surface area contributed by atoms with E-state index >= 15 is 0 Å². The molecule has 0 saturated heterocycles. The van der Waals surface area contributed by atoms with Crippen LogP contribution in [0.5, 0.6) is 0 Å². The molecule has 144 valence electrons. The van der Waals surface area contributed by atoms with Gasteiger partial charge in [-0.15, -0.1) is 0 Å². The number of nitrogens with two attached hydrogens (primary N) is 1. The molecule has 0 aliphatic rings. The highest BCUT2D eigenvalue weighted by atomic mass is 16.2. The van der Waals surface area contributed by atoms with Gasteiger partial charge in [0.2, 0.25) is 0 Å². The molecular weight excluding hydrogens is 314 g/mol. The number of aromatic nitrogens is 2. The maximum atomic E-state index is 12.6. The lowest BCUT2D eigenvalue weighted by Crippen LogP contribution is -2.40. The molecule has 2 N–H and O–H groups in total. The predicted octanol–water partition coefficient (Wildman–Crippen LogP) is 4.31. The van der Waals surface area contributed by atoms with Crippen molar-refractivity contribution in [2.24, 2.45) is 0 Å². The molecule has 5 heteroatoms. The first-order valence-electron chi connectivity index (χ1n) is 10.2. The molecule has 1 heterocycles. The van der Waals surface area contributed by atoms with Crippen molar-refractivity contribution in [1.29, 1.82) is 0 Å². The van der Waals surface area contributed by atoms with E-state index in [0.29, 0.717) is 18.9 Å². The van der Waals surface area contributed by atoms with E-state index in [2.05, 4.69) is 13.8 Å². The zero-order valence-electron chi connectivity index (χ0n) is 16.3. The van der Waals surface area contributed by atoms with E-state index < -0.39 is 0 Å². The SMILES string of the molecule is CCCCCCCCn1c(N)cc(=O)n(CCCCCCCC)c1=O. The number of nitrogens with zero attached hydrogens (tertiary/aromatic N) is 2. The highest BCUT2D eigenvalue weighted by Gasteiger charge is 2.09. The highest BCUT2D eigenvalue weighted by molar-refractivity contribution is 5.26. The second-order valence-electron chi connectivity index (χ2n) is 7.03.